The molecular formula is C21H22N2O4. The number of benzene rings is 2. The third-order valence-corrected chi connectivity index (χ3v) is 5.18. The minimum absolute atomic E-state index is 0.0780. The summed E-state index contributed by atoms with van der Waals surface area (Å²) in [5.41, 5.74) is 3.79. The van der Waals surface area contributed by atoms with Gasteiger partial charge in [-0.1, -0.05) is 24.3 Å². The van der Waals surface area contributed by atoms with E-state index >= 15 is 0 Å². The average Bonchev–Trinajstić information content (AvgIpc) is 2.96. The van der Waals surface area contributed by atoms with Gasteiger partial charge in [0.15, 0.2) is 11.5 Å². The van der Waals surface area contributed by atoms with Gasteiger partial charge >= 0.3 is 0 Å². The van der Waals surface area contributed by atoms with Gasteiger partial charge in [-0.3, -0.25) is 9.59 Å². The molecule has 27 heavy (non-hydrogen) atoms. The number of amides is 2. The first-order chi connectivity index (χ1) is 13.0. The summed E-state index contributed by atoms with van der Waals surface area (Å²) in [5.74, 6) is 0.324. The Kier molecular flexibility index (Phi) is 4.48. The van der Waals surface area contributed by atoms with Crippen LogP contribution in [-0.4, -0.2) is 41.0 Å². The van der Waals surface area contributed by atoms with Crippen molar-refractivity contribution in [2.45, 2.75) is 32.4 Å². The topological polar surface area (TPSA) is 78.9 Å². The first-order valence-corrected chi connectivity index (χ1v) is 9.16. The summed E-state index contributed by atoms with van der Waals surface area (Å²) in [4.78, 5) is 25.9. The van der Waals surface area contributed by atoms with Crippen LogP contribution in [0.2, 0.25) is 0 Å². The number of rotatable bonds is 2. The Hall–Kier alpha value is -3.02. The molecule has 1 atom stereocenters. The lowest BCUT2D eigenvalue weighted by Gasteiger charge is -2.23. The van der Waals surface area contributed by atoms with Gasteiger partial charge in [-0.25, -0.2) is 0 Å². The first-order valence-electron chi connectivity index (χ1n) is 9.16. The quantitative estimate of drug-likeness (QED) is 0.855. The number of ether oxygens (including phenoxy) is 1. The van der Waals surface area contributed by atoms with Gasteiger partial charge in [0.05, 0.1) is 6.54 Å². The number of carbonyl (C=O) groups is 2. The third kappa shape index (κ3) is 3.35. The number of nitrogens with zero attached hydrogens (tertiary/aromatic N) is 1. The summed E-state index contributed by atoms with van der Waals surface area (Å²) < 4.78 is 5.73. The van der Waals surface area contributed by atoms with Crippen molar-refractivity contribution in [3.8, 4) is 22.6 Å². The van der Waals surface area contributed by atoms with Gasteiger partial charge in [-0.2, -0.15) is 0 Å². The van der Waals surface area contributed by atoms with Gasteiger partial charge in [0.1, 0.15) is 12.6 Å². The van der Waals surface area contributed by atoms with Crippen LogP contribution in [0.4, 0.5) is 0 Å². The highest BCUT2D eigenvalue weighted by Gasteiger charge is 2.32. The largest absolute Gasteiger partial charge is 0.504 e. The van der Waals surface area contributed by atoms with Gasteiger partial charge in [0.25, 0.3) is 0 Å². The normalized spacial score (nSPS) is 19.1. The van der Waals surface area contributed by atoms with Crippen LogP contribution in [0.3, 0.4) is 0 Å². The molecular weight excluding hydrogens is 344 g/mol. The maximum atomic E-state index is 12.8. The van der Waals surface area contributed by atoms with E-state index in [4.69, 9.17) is 4.74 Å². The predicted molar refractivity (Wildman–Crippen MR) is 100 cm³/mol. The molecule has 2 heterocycles. The molecule has 0 bridgehead atoms. The second kappa shape index (κ2) is 6.95. The van der Waals surface area contributed by atoms with Crippen molar-refractivity contribution in [2.75, 3.05) is 13.2 Å². The standard InChI is InChI=1S/C21H22N2O4/c1-13-4-2-3-5-16(13)14-10-15-12-23(8-9-27-20(15)18(24)11-14)21(26)17-6-7-19(25)22-17/h2-5,10-11,17,24H,6-9,12H2,1H3,(H,22,25)/t17-/m1/s1. The Morgan fingerprint density at radius 3 is 2.85 bits per heavy atom. The molecule has 6 nitrogen and oxygen atoms in total. The van der Waals surface area contributed by atoms with Gasteiger partial charge in [0, 0.05) is 18.5 Å². The molecule has 2 N–H and O–H groups in total. The molecule has 140 valence electrons. The van der Waals surface area contributed by atoms with Crippen LogP contribution in [0.25, 0.3) is 11.1 Å². The molecule has 0 radical (unpaired) electrons. The molecule has 2 aliphatic heterocycles. The summed E-state index contributed by atoms with van der Waals surface area (Å²) in [6.07, 6.45) is 0.909. The number of phenols is 1. The van der Waals surface area contributed by atoms with Crippen LogP contribution < -0.4 is 10.1 Å². The number of phenolic OH excluding ortho intramolecular Hbond substituents is 1. The van der Waals surface area contributed by atoms with Crippen LogP contribution in [-0.2, 0) is 16.1 Å². The van der Waals surface area contributed by atoms with E-state index in [9.17, 15) is 14.7 Å². The lowest BCUT2D eigenvalue weighted by Crippen LogP contribution is -2.44. The molecule has 1 saturated heterocycles. The molecule has 2 amide bonds. The number of hydrogen-bond donors (Lipinski definition) is 2. The Morgan fingerprint density at radius 1 is 1.30 bits per heavy atom. The molecule has 0 aliphatic carbocycles. The van der Waals surface area contributed by atoms with Gasteiger partial charge in [0.2, 0.25) is 11.8 Å². The second-order valence-electron chi connectivity index (χ2n) is 7.07. The monoisotopic (exact) mass is 366 g/mol. The van der Waals surface area contributed by atoms with Crippen LogP contribution in [0.1, 0.15) is 24.0 Å². The average molecular weight is 366 g/mol. The Labute approximate surface area is 157 Å². The van der Waals surface area contributed by atoms with E-state index in [2.05, 4.69) is 5.32 Å². The number of hydrogen-bond acceptors (Lipinski definition) is 4. The van der Waals surface area contributed by atoms with Crippen molar-refractivity contribution in [3.05, 3.63) is 47.5 Å². The zero-order valence-corrected chi connectivity index (χ0v) is 15.2. The summed E-state index contributed by atoms with van der Waals surface area (Å²) in [7, 11) is 0. The lowest BCUT2D eigenvalue weighted by molar-refractivity contribution is -0.135. The fourth-order valence-corrected chi connectivity index (χ4v) is 3.76. The number of nitrogens with one attached hydrogen (secondary N) is 1. The van der Waals surface area contributed by atoms with Crippen molar-refractivity contribution < 1.29 is 19.4 Å². The molecule has 6 heteroatoms. The number of aryl methyl sites for hydroxylation is 1. The highest BCUT2D eigenvalue weighted by molar-refractivity contribution is 5.91. The highest BCUT2D eigenvalue weighted by atomic mass is 16.5. The fourth-order valence-electron chi connectivity index (χ4n) is 3.76. The smallest absolute Gasteiger partial charge is 0.245 e. The fraction of sp³-hybridized carbons (Fsp3) is 0.333. The van der Waals surface area contributed by atoms with Crippen molar-refractivity contribution in [1.29, 1.82) is 0 Å². The third-order valence-electron chi connectivity index (χ3n) is 5.18. The van der Waals surface area contributed by atoms with Crippen LogP contribution in [0.5, 0.6) is 11.5 Å². The SMILES string of the molecule is Cc1ccccc1-c1cc(O)c2c(c1)CN(C(=O)[C@H]1CCC(=O)N1)CCO2. The minimum atomic E-state index is -0.466. The predicted octanol–water partition coefficient (Wildman–Crippen LogP) is 2.37. The van der Waals surface area contributed by atoms with E-state index in [1.165, 1.54) is 0 Å². The lowest BCUT2D eigenvalue weighted by atomic mass is 9.97. The molecule has 2 aromatic rings. The Morgan fingerprint density at radius 2 is 2.11 bits per heavy atom. The van der Waals surface area contributed by atoms with Crippen LogP contribution in [0.15, 0.2) is 36.4 Å². The molecule has 2 aliphatic rings. The molecule has 0 spiro atoms. The van der Waals surface area contributed by atoms with Crippen LogP contribution >= 0.6 is 0 Å². The van der Waals surface area contributed by atoms with E-state index in [1.54, 1.807) is 11.0 Å². The number of fused-ring (bicyclic) bond motifs is 1. The summed E-state index contributed by atoms with van der Waals surface area (Å²) >= 11 is 0. The van der Waals surface area contributed by atoms with E-state index in [1.807, 2.05) is 37.3 Å². The maximum Gasteiger partial charge on any atom is 0.245 e. The zero-order valence-electron chi connectivity index (χ0n) is 15.2. The van der Waals surface area contributed by atoms with Crippen molar-refractivity contribution >= 4 is 11.8 Å². The molecule has 0 aromatic heterocycles. The van der Waals surface area contributed by atoms with Crippen molar-refractivity contribution in [1.82, 2.24) is 10.2 Å². The van der Waals surface area contributed by atoms with E-state index < -0.39 is 6.04 Å². The summed E-state index contributed by atoms with van der Waals surface area (Å²) in [6.45, 7) is 3.08. The molecule has 1 fully saturated rings. The number of carbonyl (C=O) groups excluding carboxylic acids is 2. The summed E-state index contributed by atoms with van der Waals surface area (Å²) in [5, 5.41) is 13.2. The van der Waals surface area contributed by atoms with Crippen LogP contribution in [0, 0.1) is 6.92 Å². The molecule has 2 aromatic carbocycles. The molecule has 0 saturated carbocycles. The Balaban J connectivity index is 1.66. The summed E-state index contributed by atoms with van der Waals surface area (Å²) in [6, 6.07) is 11.2. The zero-order chi connectivity index (χ0) is 19.0. The molecule has 0 unspecified atom stereocenters. The van der Waals surface area contributed by atoms with Crippen molar-refractivity contribution in [3.63, 3.8) is 0 Å². The van der Waals surface area contributed by atoms with Gasteiger partial charge in [-0.05, 0) is 42.2 Å². The van der Waals surface area contributed by atoms with Gasteiger partial charge in [-0.15, -0.1) is 0 Å². The van der Waals surface area contributed by atoms with Crippen molar-refractivity contribution in [2.24, 2.45) is 0 Å². The van der Waals surface area contributed by atoms with E-state index in [0.717, 1.165) is 22.3 Å². The van der Waals surface area contributed by atoms with E-state index in [0.29, 0.717) is 38.3 Å². The van der Waals surface area contributed by atoms with E-state index in [-0.39, 0.29) is 17.6 Å². The first kappa shape index (κ1) is 17.4. The molecule has 4 rings (SSSR count). The second-order valence-corrected chi connectivity index (χ2v) is 7.07. The Bertz CT molecular complexity index is 909. The number of aromatic hydroxyl groups is 1. The van der Waals surface area contributed by atoms with Gasteiger partial charge < -0.3 is 20.1 Å². The maximum absolute atomic E-state index is 12.8. The highest BCUT2D eigenvalue weighted by Crippen LogP contribution is 2.38. The minimum Gasteiger partial charge on any atom is -0.504 e.